The normalized spacial score (nSPS) is 15.4. The lowest BCUT2D eigenvalue weighted by molar-refractivity contribution is 0.260. The second-order valence-electron chi connectivity index (χ2n) is 5.80. The predicted molar refractivity (Wildman–Crippen MR) is 100 cm³/mol. The van der Waals surface area contributed by atoms with Gasteiger partial charge in [0.05, 0.1) is 15.8 Å². The lowest BCUT2D eigenvalue weighted by Gasteiger charge is -2.26. The number of hydrogen-bond donors (Lipinski definition) is 1. The van der Waals surface area contributed by atoms with Crippen LogP contribution in [0.5, 0.6) is 0 Å². The van der Waals surface area contributed by atoms with E-state index >= 15 is 0 Å². The van der Waals surface area contributed by atoms with Crippen LogP contribution in [0.25, 0.3) is 0 Å². The molecule has 24 heavy (non-hydrogen) atoms. The maximum absolute atomic E-state index is 12.2. The van der Waals surface area contributed by atoms with Gasteiger partial charge in [0.1, 0.15) is 0 Å². The van der Waals surface area contributed by atoms with Gasteiger partial charge < -0.3 is 0 Å². The van der Waals surface area contributed by atoms with E-state index in [0.29, 0.717) is 28.7 Å². The first-order chi connectivity index (χ1) is 11.4. The van der Waals surface area contributed by atoms with E-state index in [9.17, 15) is 8.42 Å². The SMILES string of the molecule is O=S(=O)(Cc1ccc(Cl)c(Cl)c1)NCCN1CCc2sccc2C1. The second-order valence-corrected chi connectivity index (χ2v) is 9.42. The zero-order chi connectivity index (χ0) is 17.2. The molecule has 0 bridgehead atoms. The maximum atomic E-state index is 12.2. The predicted octanol–water partition coefficient (Wildman–Crippen LogP) is 3.53. The molecule has 0 fully saturated rings. The smallest absolute Gasteiger partial charge is 0.215 e. The number of fused-ring (bicyclic) bond motifs is 1. The molecule has 0 unspecified atom stereocenters. The Morgan fingerprint density at radius 1 is 1.21 bits per heavy atom. The van der Waals surface area contributed by atoms with Crippen LogP contribution in [0.4, 0.5) is 0 Å². The molecular formula is C16H18Cl2N2O2S2. The summed E-state index contributed by atoms with van der Waals surface area (Å²) in [6.07, 6.45) is 1.04. The fourth-order valence-corrected chi connectivity index (χ4v) is 5.09. The zero-order valence-electron chi connectivity index (χ0n) is 13.0. The lowest BCUT2D eigenvalue weighted by Crippen LogP contribution is -2.37. The molecule has 130 valence electrons. The van der Waals surface area contributed by atoms with E-state index in [-0.39, 0.29) is 5.75 Å². The summed E-state index contributed by atoms with van der Waals surface area (Å²) in [6, 6.07) is 7.03. The third-order valence-corrected chi connectivity index (χ3v) is 7.10. The van der Waals surface area contributed by atoms with Crippen LogP contribution >= 0.6 is 34.5 Å². The van der Waals surface area contributed by atoms with Crippen LogP contribution in [-0.2, 0) is 28.7 Å². The molecule has 1 aromatic heterocycles. The summed E-state index contributed by atoms with van der Waals surface area (Å²) >= 11 is 13.6. The van der Waals surface area contributed by atoms with Crippen molar-refractivity contribution in [1.82, 2.24) is 9.62 Å². The van der Waals surface area contributed by atoms with Crippen LogP contribution in [0.2, 0.25) is 10.0 Å². The standard InChI is InChI=1S/C16H18Cl2N2O2S2/c17-14-2-1-12(9-15(14)18)11-24(21,22)19-5-7-20-6-3-16-13(10-20)4-8-23-16/h1-2,4,8-9,19H,3,5-7,10-11H2. The minimum atomic E-state index is -3.39. The van der Waals surface area contributed by atoms with Crippen molar-refractivity contribution < 1.29 is 8.42 Å². The lowest BCUT2D eigenvalue weighted by atomic mass is 10.1. The van der Waals surface area contributed by atoms with Gasteiger partial charge in [-0.1, -0.05) is 29.3 Å². The number of halogens is 2. The molecule has 0 saturated carbocycles. The van der Waals surface area contributed by atoms with Gasteiger partial charge in [0.15, 0.2) is 0 Å². The summed E-state index contributed by atoms with van der Waals surface area (Å²) in [4.78, 5) is 3.72. The van der Waals surface area contributed by atoms with E-state index in [1.54, 1.807) is 29.5 Å². The largest absolute Gasteiger partial charge is 0.297 e. The monoisotopic (exact) mass is 404 g/mol. The van der Waals surface area contributed by atoms with Crippen molar-refractivity contribution in [2.45, 2.75) is 18.7 Å². The van der Waals surface area contributed by atoms with Crippen LogP contribution in [0.1, 0.15) is 16.0 Å². The van der Waals surface area contributed by atoms with Crippen molar-refractivity contribution >= 4 is 44.6 Å². The average molecular weight is 405 g/mol. The van der Waals surface area contributed by atoms with E-state index < -0.39 is 10.0 Å². The van der Waals surface area contributed by atoms with Crippen molar-refractivity contribution in [3.8, 4) is 0 Å². The van der Waals surface area contributed by atoms with Crippen molar-refractivity contribution in [1.29, 1.82) is 0 Å². The van der Waals surface area contributed by atoms with Gasteiger partial charge in [-0.3, -0.25) is 4.90 Å². The average Bonchev–Trinajstić information content (AvgIpc) is 2.98. The summed E-state index contributed by atoms with van der Waals surface area (Å²) in [5.41, 5.74) is 1.99. The zero-order valence-corrected chi connectivity index (χ0v) is 16.1. The van der Waals surface area contributed by atoms with Gasteiger partial charge in [0.2, 0.25) is 10.0 Å². The molecule has 1 aromatic carbocycles. The highest BCUT2D eigenvalue weighted by molar-refractivity contribution is 7.88. The third-order valence-electron chi connectivity index (χ3n) is 3.98. The van der Waals surface area contributed by atoms with Gasteiger partial charge >= 0.3 is 0 Å². The molecule has 2 aromatic rings. The molecule has 1 N–H and O–H groups in total. The Morgan fingerprint density at radius 2 is 2.04 bits per heavy atom. The number of rotatable bonds is 6. The maximum Gasteiger partial charge on any atom is 0.215 e. The van der Waals surface area contributed by atoms with Crippen molar-refractivity contribution in [3.63, 3.8) is 0 Å². The van der Waals surface area contributed by atoms with Crippen molar-refractivity contribution in [3.05, 3.63) is 55.7 Å². The van der Waals surface area contributed by atoms with Gasteiger partial charge in [-0.05, 0) is 41.1 Å². The first kappa shape index (κ1) is 18.2. The Balaban J connectivity index is 1.49. The molecule has 0 amide bonds. The molecule has 2 heterocycles. The van der Waals surface area contributed by atoms with Gasteiger partial charge in [-0.15, -0.1) is 11.3 Å². The molecule has 4 nitrogen and oxygen atoms in total. The van der Waals surface area contributed by atoms with E-state index in [0.717, 1.165) is 19.5 Å². The number of sulfonamides is 1. The summed E-state index contributed by atoms with van der Waals surface area (Å²) in [6.45, 7) is 2.98. The fraction of sp³-hybridized carbons (Fsp3) is 0.375. The molecule has 1 aliphatic rings. The van der Waals surface area contributed by atoms with E-state index in [1.165, 1.54) is 10.4 Å². The minimum absolute atomic E-state index is 0.0986. The molecule has 0 saturated heterocycles. The highest BCUT2D eigenvalue weighted by Crippen LogP contribution is 2.24. The van der Waals surface area contributed by atoms with Crippen molar-refractivity contribution in [2.75, 3.05) is 19.6 Å². The highest BCUT2D eigenvalue weighted by Gasteiger charge is 2.18. The first-order valence-corrected chi connectivity index (χ1v) is 10.9. The van der Waals surface area contributed by atoms with E-state index in [1.807, 2.05) is 0 Å². The van der Waals surface area contributed by atoms with E-state index in [4.69, 9.17) is 23.2 Å². The summed E-state index contributed by atoms with van der Waals surface area (Å²) < 4.78 is 27.0. The molecule has 3 rings (SSSR count). The van der Waals surface area contributed by atoms with Gasteiger partial charge in [0, 0.05) is 31.1 Å². The van der Waals surface area contributed by atoms with Crippen LogP contribution in [0.15, 0.2) is 29.6 Å². The van der Waals surface area contributed by atoms with Crippen LogP contribution < -0.4 is 4.72 Å². The summed E-state index contributed by atoms with van der Waals surface area (Å²) in [5, 5.41) is 2.90. The summed E-state index contributed by atoms with van der Waals surface area (Å²) in [5.74, 6) is -0.0986. The van der Waals surface area contributed by atoms with Crippen LogP contribution in [0, 0.1) is 0 Å². The molecule has 0 aliphatic carbocycles. The number of hydrogen-bond acceptors (Lipinski definition) is 4. The topological polar surface area (TPSA) is 49.4 Å². The molecule has 1 aliphatic heterocycles. The van der Waals surface area contributed by atoms with Gasteiger partial charge in [0.25, 0.3) is 0 Å². The number of thiophene rings is 1. The Kier molecular flexibility index (Phi) is 5.85. The van der Waals surface area contributed by atoms with E-state index in [2.05, 4.69) is 21.1 Å². The Hall–Kier alpha value is -0.630. The summed E-state index contributed by atoms with van der Waals surface area (Å²) in [7, 11) is -3.39. The highest BCUT2D eigenvalue weighted by atomic mass is 35.5. The Labute approximate surface area is 156 Å². The molecule has 8 heteroatoms. The quantitative estimate of drug-likeness (QED) is 0.800. The Bertz CT molecular complexity index is 821. The molecule has 0 spiro atoms. The first-order valence-electron chi connectivity index (χ1n) is 7.62. The van der Waals surface area contributed by atoms with Crippen LogP contribution in [-0.4, -0.2) is 33.0 Å². The molecule has 0 atom stereocenters. The van der Waals surface area contributed by atoms with Gasteiger partial charge in [-0.2, -0.15) is 0 Å². The number of benzene rings is 1. The Morgan fingerprint density at radius 3 is 2.83 bits per heavy atom. The number of nitrogens with zero attached hydrogens (tertiary/aromatic N) is 1. The van der Waals surface area contributed by atoms with Crippen molar-refractivity contribution in [2.24, 2.45) is 0 Å². The minimum Gasteiger partial charge on any atom is -0.297 e. The third kappa shape index (κ3) is 4.71. The number of nitrogens with one attached hydrogen (secondary N) is 1. The van der Waals surface area contributed by atoms with Gasteiger partial charge in [-0.25, -0.2) is 13.1 Å². The van der Waals surface area contributed by atoms with Crippen LogP contribution in [0.3, 0.4) is 0 Å². The fourth-order valence-electron chi connectivity index (χ4n) is 2.76. The molecule has 0 radical (unpaired) electrons. The molecular weight excluding hydrogens is 387 g/mol. The second kappa shape index (κ2) is 7.72.